The molecule has 150 valence electrons. The van der Waals surface area contributed by atoms with Gasteiger partial charge in [-0.25, -0.2) is 6.07 Å². The summed E-state index contributed by atoms with van der Waals surface area (Å²) in [6.45, 7) is 13.3. The maximum atomic E-state index is 4.93. The summed E-state index contributed by atoms with van der Waals surface area (Å²) in [6.07, 6.45) is 9.68. The Morgan fingerprint density at radius 1 is 1.04 bits per heavy atom. The SMILES string of the molecule is CCCC[c-]1ccc(C2CCCC2)c1.Cc1c(C)c(C)[c-](C)c1C.[Cl][Zr+2][Cl]. The van der Waals surface area contributed by atoms with Gasteiger partial charge in [-0.1, -0.05) is 92.4 Å². The van der Waals surface area contributed by atoms with E-state index in [0.29, 0.717) is 0 Å². The predicted octanol–water partition coefficient (Wildman–Crippen LogP) is 8.73. The molecule has 3 rings (SSSR count). The molecule has 1 saturated carbocycles. The molecule has 2 aromatic rings. The van der Waals surface area contributed by atoms with E-state index in [0.717, 1.165) is 5.92 Å². The van der Waals surface area contributed by atoms with Crippen LogP contribution in [0, 0.1) is 34.6 Å². The van der Waals surface area contributed by atoms with Crippen LogP contribution in [0.15, 0.2) is 18.2 Å². The van der Waals surface area contributed by atoms with Gasteiger partial charge in [0.1, 0.15) is 0 Å². The van der Waals surface area contributed by atoms with Gasteiger partial charge in [0.2, 0.25) is 0 Å². The summed E-state index contributed by atoms with van der Waals surface area (Å²) in [6, 6.07) is 7.15. The fourth-order valence-electron chi connectivity index (χ4n) is 3.97. The van der Waals surface area contributed by atoms with Crippen molar-refractivity contribution in [2.24, 2.45) is 0 Å². The molecule has 3 heteroatoms. The van der Waals surface area contributed by atoms with Gasteiger partial charge < -0.3 is 0 Å². The standard InChI is InChI=1S/C14H21.C10H15.2ClH.Zr/c1-2-3-6-12-9-10-14(11-12)13-7-4-5-8-13;1-6-7(2)9(4)10(5)8(6)3;;;/h9-11,13H,2-8H2,1H3;1-5H3;2*1H;/q2*-1;;;+4/p-2. The molecule has 0 aromatic heterocycles. The van der Waals surface area contributed by atoms with Crippen LogP contribution in [0.3, 0.4) is 0 Å². The average molecular weight is 487 g/mol. The van der Waals surface area contributed by atoms with Crippen LogP contribution in [0.2, 0.25) is 0 Å². The Labute approximate surface area is 186 Å². The second kappa shape index (κ2) is 13.4. The molecule has 0 radical (unpaired) electrons. The molecular weight excluding hydrogens is 450 g/mol. The van der Waals surface area contributed by atoms with Gasteiger partial charge in [-0.15, -0.1) is 0 Å². The fraction of sp³-hybridized carbons (Fsp3) is 0.583. The fourth-order valence-corrected chi connectivity index (χ4v) is 3.97. The molecule has 1 aliphatic rings. The van der Waals surface area contributed by atoms with E-state index < -0.39 is 20.8 Å². The van der Waals surface area contributed by atoms with Crippen LogP contribution in [0.5, 0.6) is 0 Å². The van der Waals surface area contributed by atoms with Gasteiger partial charge >= 0.3 is 37.9 Å². The van der Waals surface area contributed by atoms with Crippen molar-refractivity contribution in [2.75, 3.05) is 0 Å². The number of halogens is 2. The Kier molecular flexibility index (Phi) is 12.5. The van der Waals surface area contributed by atoms with E-state index in [2.05, 4.69) is 59.7 Å². The van der Waals surface area contributed by atoms with Crippen LogP contribution in [0.25, 0.3) is 0 Å². The summed E-state index contributed by atoms with van der Waals surface area (Å²) >= 11 is -0.826. The van der Waals surface area contributed by atoms with Crippen LogP contribution in [0.4, 0.5) is 0 Å². The Morgan fingerprint density at radius 2 is 1.56 bits per heavy atom. The summed E-state index contributed by atoms with van der Waals surface area (Å²) in [7, 11) is 9.87. The van der Waals surface area contributed by atoms with Gasteiger partial charge in [0.25, 0.3) is 0 Å². The van der Waals surface area contributed by atoms with Gasteiger partial charge in [-0.3, -0.25) is 0 Å². The maximum absolute atomic E-state index is 4.93. The second-order valence-electron chi connectivity index (χ2n) is 7.83. The Balaban J connectivity index is 0.000000246. The predicted molar refractivity (Wildman–Crippen MR) is 119 cm³/mol. The Hall–Kier alpha value is 0.163. The number of rotatable bonds is 4. The van der Waals surface area contributed by atoms with Crippen LogP contribution in [-0.4, -0.2) is 0 Å². The van der Waals surface area contributed by atoms with Crippen molar-refractivity contribution >= 4 is 17.0 Å². The zero-order chi connectivity index (χ0) is 20.4. The van der Waals surface area contributed by atoms with Crippen molar-refractivity contribution in [3.63, 3.8) is 0 Å². The number of hydrogen-bond donors (Lipinski definition) is 0. The Morgan fingerprint density at radius 3 is 1.96 bits per heavy atom. The van der Waals surface area contributed by atoms with Crippen molar-refractivity contribution in [1.82, 2.24) is 0 Å². The summed E-state index contributed by atoms with van der Waals surface area (Å²) in [5.41, 5.74) is 10.5. The summed E-state index contributed by atoms with van der Waals surface area (Å²) in [5, 5.41) is 0. The summed E-state index contributed by atoms with van der Waals surface area (Å²) < 4.78 is 0. The average Bonchev–Trinajstić information content (AvgIpc) is 3.38. The summed E-state index contributed by atoms with van der Waals surface area (Å²) in [4.78, 5) is 0. The van der Waals surface area contributed by atoms with E-state index in [1.54, 1.807) is 11.1 Å². The first-order valence-corrected chi connectivity index (χ1v) is 16.6. The third kappa shape index (κ3) is 7.83. The zero-order valence-electron chi connectivity index (χ0n) is 18.0. The van der Waals surface area contributed by atoms with E-state index >= 15 is 0 Å². The molecule has 1 fully saturated rings. The molecule has 0 spiro atoms. The van der Waals surface area contributed by atoms with Crippen molar-refractivity contribution in [1.29, 1.82) is 0 Å². The first kappa shape index (κ1) is 25.2. The molecule has 0 amide bonds. The minimum atomic E-state index is -0.826. The molecule has 2 aromatic carbocycles. The van der Waals surface area contributed by atoms with Gasteiger partial charge in [0.05, 0.1) is 0 Å². The molecule has 0 saturated heterocycles. The van der Waals surface area contributed by atoms with Gasteiger partial charge in [0.15, 0.2) is 0 Å². The van der Waals surface area contributed by atoms with Crippen molar-refractivity contribution in [3.05, 3.63) is 57.1 Å². The second-order valence-corrected chi connectivity index (χ2v) is 11.6. The van der Waals surface area contributed by atoms with Crippen LogP contribution in [0.1, 0.15) is 90.3 Å². The van der Waals surface area contributed by atoms with E-state index in [4.69, 9.17) is 17.0 Å². The van der Waals surface area contributed by atoms with Crippen LogP contribution >= 0.6 is 17.0 Å². The quantitative estimate of drug-likeness (QED) is 0.379. The van der Waals surface area contributed by atoms with Gasteiger partial charge in [-0.2, -0.15) is 51.1 Å². The number of hydrogen-bond acceptors (Lipinski definition) is 0. The van der Waals surface area contributed by atoms with Gasteiger partial charge in [0, 0.05) is 0 Å². The molecular formula is C24H36Cl2Zr. The van der Waals surface area contributed by atoms with Crippen molar-refractivity contribution in [3.8, 4) is 0 Å². The molecule has 0 aliphatic heterocycles. The Bertz CT molecular complexity index is 580. The molecule has 0 heterocycles. The van der Waals surface area contributed by atoms with Crippen molar-refractivity contribution < 1.29 is 20.8 Å². The molecule has 27 heavy (non-hydrogen) atoms. The third-order valence-corrected chi connectivity index (χ3v) is 6.30. The first-order chi connectivity index (χ1) is 12.9. The minimum absolute atomic E-state index is 0.826. The monoisotopic (exact) mass is 484 g/mol. The molecule has 0 N–H and O–H groups in total. The molecule has 0 nitrogen and oxygen atoms in total. The molecule has 0 unspecified atom stereocenters. The topological polar surface area (TPSA) is 0 Å². The van der Waals surface area contributed by atoms with Crippen molar-refractivity contribution in [2.45, 2.75) is 92.4 Å². The van der Waals surface area contributed by atoms with Gasteiger partial charge in [-0.05, 0) is 0 Å². The summed E-state index contributed by atoms with van der Waals surface area (Å²) in [5.74, 6) is 0.894. The van der Waals surface area contributed by atoms with Crippen LogP contribution < -0.4 is 0 Å². The number of aryl methyl sites for hydroxylation is 1. The zero-order valence-corrected chi connectivity index (χ0v) is 22.0. The third-order valence-electron chi connectivity index (χ3n) is 6.30. The number of unbranched alkanes of at least 4 members (excludes halogenated alkanes) is 1. The first-order valence-electron chi connectivity index (χ1n) is 10.3. The van der Waals surface area contributed by atoms with E-state index in [1.807, 2.05) is 0 Å². The molecule has 1 aliphatic carbocycles. The van der Waals surface area contributed by atoms with E-state index in [9.17, 15) is 0 Å². The molecule has 0 bridgehead atoms. The van der Waals surface area contributed by atoms with E-state index in [1.165, 1.54) is 72.8 Å². The van der Waals surface area contributed by atoms with Crippen LogP contribution in [-0.2, 0) is 27.3 Å². The molecule has 0 atom stereocenters. The van der Waals surface area contributed by atoms with E-state index in [-0.39, 0.29) is 0 Å². The normalized spacial score (nSPS) is 13.5.